The van der Waals surface area contributed by atoms with Crippen LogP contribution in [0.3, 0.4) is 0 Å². The lowest BCUT2D eigenvalue weighted by Gasteiger charge is -2.19. The maximum Gasteiger partial charge on any atom is 0.412 e. The first-order chi connectivity index (χ1) is 9.24. The monoisotopic (exact) mass is 301 g/mol. The molecule has 1 rings (SSSR count). The molecule has 0 aliphatic rings. The Balaban J connectivity index is 0.00000172. The van der Waals surface area contributed by atoms with Crippen molar-refractivity contribution < 1.29 is 19.1 Å². The predicted molar refractivity (Wildman–Crippen MR) is 81.6 cm³/mol. The van der Waals surface area contributed by atoms with Crippen molar-refractivity contribution in [2.24, 2.45) is 0 Å². The van der Waals surface area contributed by atoms with Crippen molar-refractivity contribution in [3.05, 3.63) is 16.5 Å². The Labute approximate surface area is 124 Å². The zero-order valence-electron chi connectivity index (χ0n) is 13.1. The minimum absolute atomic E-state index is 0.416. The number of carbonyl (C=O) groups is 2. The van der Waals surface area contributed by atoms with Gasteiger partial charge in [-0.15, -0.1) is 11.3 Å². The van der Waals surface area contributed by atoms with Gasteiger partial charge in [0.05, 0.1) is 12.7 Å². The van der Waals surface area contributed by atoms with Crippen molar-refractivity contribution in [3.63, 3.8) is 0 Å². The Bertz CT molecular complexity index is 460. The minimum Gasteiger partial charge on any atom is -0.465 e. The smallest absolute Gasteiger partial charge is 0.412 e. The summed E-state index contributed by atoms with van der Waals surface area (Å²) < 4.78 is 9.77. The number of ether oxygens (including phenoxy) is 2. The highest BCUT2D eigenvalue weighted by molar-refractivity contribution is 7.14. The van der Waals surface area contributed by atoms with Crippen LogP contribution >= 0.6 is 11.3 Å². The van der Waals surface area contributed by atoms with Crippen LogP contribution in [0.5, 0.6) is 0 Å². The average molecular weight is 301 g/mol. The third-order valence-corrected chi connectivity index (χ3v) is 3.06. The molecule has 0 aliphatic heterocycles. The molecule has 0 aliphatic carbocycles. The fourth-order valence-corrected chi connectivity index (χ4v) is 2.19. The Morgan fingerprint density at radius 2 is 1.80 bits per heavy atom. The normalized spacial score (nSPS) is 10.2. The molecule has 1 N–H and O–H groups in total. The SMILES string of the molecule is CC.COC(=O)c1csc(NC(=O)OC(C)(C)C)c1C. The fraction of sp³-hybridized carbons (Fsp3) is 0.571. The largest absolute Gasteiger partial charge is 0.465 e. The maximum atomic E-state index is 11.6. The van der Waals surface area contributed by atoms with Gasteiger partial charge in [-0.2, -0.15) is 0 Å². The molecular weight excluding hydrogens is 278 g/mol. The number of thiophene rings is 1. The van der Waals surface area contributed by atoms with Crippen molar-refractivity contribution in [2.75, 3.05) is 12.4 Å². The summed E-state index contributed by atoms with van der Waals surface area (Å²) in [5.41, 5.74) is 0.576. The van der Waals surface area contributed by atoms with Gasteiger partial charge in [0.2, 0.25) is 0 Å². The van der Waals surface area contributed by atoms with E-state index in [0.717, 1.165) is 0 Å². The lowest BCUT2D eigenvalue weighted by Crippen LogP contribution is -2.27. The number of hydrogen-bond acceptors (Lipinski definition) is 5. The van der Waals surface area contributed by atoms with Gasteiger partial charge in [0, 0.05) is 5.38 Å². The number of hydrogen-bond donors (Lipinski definition) is 1. The molecule has 1 amide bonds. The van der Waals surface area contributed by atoms with Crippen LogP contribution in [0.1, 0.15) is 50.5 Å². The van der Waals surface area contributed by atoms with Gasteiger partial charge in [0.25, 0.3) is 0 Å². The summed E-state index contributed by atoms with van der Waals surface area (Å²) in [6.45, 7) is 11.1. The quantitative estimate of drug-likeness (QED) is 0.831. The summed E-state index contributed by atoms with van der Waals surface area (Å²) >= 11 is 1.26. The molecule has 1 heterocycles. The summed E-state index contributed by atoms with van der Waals surface area (Å²) in [5.74, 6) is -0.416. The average Bonchev–Trinajstić information content (AvgIpc) is 2.70. The summed E-state index contributed by atoms with van der Waals surface area (Å²) in [7, 11) is 1.32. The van der Waals surface area contributed by atoms with E-state index < -0.39 is 17.7 Å². The zero-order valence-corrected chi connectivity index (χ0v) is 13.9. The molecule has 0 saturated heterocycles. The Morgan fingerprint density at radius 1 is 1.25 bits per heavy atom. The molecule has 0 unspecified atom stereocenters. The lowest BCUT2D eigenvalue weighted by atomic mass is 10.2. The van der Waals surface area contributed by atoms with E-state index in [-0.39, 0.29) is 0 Å². The van der Waals surface area contributed by atoms with E-state index in [1.54, 1.807) is 33.1 Å². The molecule has 0 saturated carbocycles. The topological polar surface area (TPSA) is 64.6 Å². The highest BCUT2D eigenvalue weighted by Gasteiger charge is 2.20. The second kappa shape index (κ2) is 7.89. The third kappa shape index (κ3) is 5.61. The number of amides is 1. The zero-order chi connectivity index (χ0) is 15.9. The first-order valence-corrected chi connectivity index (χ1v) is 7.29. The second-order valence-electron chi connectivity index (χ2n) is 4.72. The molecule has 0 aromatic carbocycles. The van der Waals surface area contributed by atoms with Gasteiger partial charge < -0.3 is 9.47 Å². The molecule has 0 spiro atoms. The lowest BCUT2D eigenvalue weighted by molar-refractivity contribution is 0.0596. The molecule has 0 radical (unpaired) electrons. The number of carbonyl (C=O) groups excluding carboxylic acids is 2. The van der Waals surface area contributed by atoms with E-state index in [2.05, 4.69) is 10.1 Å². The first kappa shape index (κ1) is 18.4. The first-order valence-electron chi connectivity index (χ1n) is 6.41. The van der Waals surface area contributed by atoms with Crippen LogP contribution in [-0.4, -0.2) is 24.8 Å². The van der Waals surface area contributed by atoms with Gasteiger partial charge in [-0.1, -0.05) is 13.8 Å². The molecule has 114 valence electrons. The van der Waals surface area contributed by atoms with Gasteiger partial charge in [0.1, 0.15) is 10.6 Å². The van der Waals surface area contributed by atoms with Crippen molar-refractivity contribution in [2.45, 2.75) is 47.1 Å². The Morgan fingerprint density at radius 3 is 2.25 bits per heavy atom. The number of methoxy groups -OCH3 is 1. The molecule has 0 bridgehead atoms. The highest BCUT2D eigenvalue weighted by Crippen LogP contribution is 2.28. The van der Waals surface area contributed by atoms with Gasteiger partial charge >= 0.3 is 12.1 Å². The predicted octanol–water partition coefficient (Wildman–Crippen LogP) is 4.22. The molecule has 0 fully saturated rings. The van der Waals surface area contributed by atoms with Gasteiger partial charge in [-0.3, -0.25) is 5.32 Å². The van der Waals surface area contributed by atoms with Crippen LogP contribution in [0, 0.1) is 6.92 Å². The number of nitrogens with one attached hydrogen (secondary N) is 1. The van der Waals surface area contributed by atoms with Crippen LogP contribution in [0.2, 0.25) is 0 Å². The maximum absolute atomic E-state index is 11.6. The fourth-order valence-electron chi connectivity index (χ4n) is 1.25. The molecule has 6 heteroatoms. The van der Waals surface area contributed by atoms with Crippen LogP contribution in [-0.2, 0) is 9.47 Å². The standard InChI is InChI=1S/C12H17NO4S.C2H6/c1-7-8(10(14)16-5)6-18-9(7)13-11(15)17-12(2,3)4;1-2/h6H,1-5H3,(H,13,15);1-2H3. The van der Waals surface area contributed by atoms with Crippen molar-refractivity contribution in [3.8, 4) is 0 Å². The van der Waals surface area contributed by atoms with Crippen LogP contribution < -0.4 is 5.32 Å². The molecule has 1 aromatic rings. The van der Waals surface area contributed by atoms with E-state index >= 15 is 0 Å². The molecule has 0 atom stereocenters. The summed E-state index contributed by atoms with van der Waals surface area (Å²) in [4.78, 5) is 23.0. The van der Waals surface area contributed by atoms with Crippen molar-refractivity contribution in [1.82, 2.24) is 0 Å². The minimum atomic E-state index is -0.555. The van der Waals surface area contributed by atoms with Crippen molar-refractivity contribution >= 4 is 28.4 Å². The third-order valence-electron chi connectivity index (χ3n) is 2.06. The van der Waals surface area contributed by atoms with Gasteiger partial charge in [0.15, 0.2) is 0 Å². The molecule has 20 heavy (non-hydrogen) atoms. The van der Waals surface area contributed by atoms with Crippen LogP contribution in [0.15, 0.2) is 5.38 Å². The van der Waals surface area contributed by atoms with E-state index in [1.165, 1.54) is 18.4 Å². The second-order valence-corrected chi connectivity index (χ2v) is 5.60. The molecular formula is C14H23NO4S. The number of esters is 1. The highest BCUT2D eigenvalue weighted by atomic mass is 32.1. The number of rotatable bonds is 2. The van der Waals surface area contributed by atoms with E-state index in [0.29, 0.717) is 16.1 Å². The van der Waals surface area contributed by atoms with E-state index in [4.69, 9.17) is 4.74 Å². The van der Waals surface area contributed by atoms with Crippen molar-refractivity contribution in [1.29, 1.82) is 0 Å². The Hall–Kier alpha value is -1.56. The van der Waals surface area contributed by atoms with E-state index in [1.807, 2.05) is 13.8 Å². The van der Waals surface area contributed by atoms with Crippen LogP contribution in [0.25, 0.3) is 0 Å². The van der Waals surface area contributed by atoms with E-state index in [9.17, 15) is 9.59 Å². The number of anilines is 1. The molecule has 5 nitrogen and oxygen atoms in total. The summed E-state index contributed by atoms with van der Waals surface area (Å²) in [6, 6.07) is 0. The van der Waals surface area contributed by atoms with Gasteiger partial charge in [-0.25, -0.2) is 9.59 Å². The molecule has 1 aromatic heterocycles. The van der Waals surface area contributed by atoms with Gasteiger partial charge in [-0.05, 0) is 33.3 Å². The Kier molecular flexibility index (Phi) is 7.28. The van der Waals surface area contributed by atoms with Crippen LogP contribution in [0.4, 0.5) is 9.80 Å². The summed E-state index contributed by atoms with van der Waals surface area (Å²) in [5, 5.41) is 4.85. The summed E-state index contributed by atoms with van der Waals surface area (Å²) in [6.07, 6.45) is -0.538.